The van der Waals surface area contributed by atoms with Crippen LogP contribution in [0.1, 0.15) is 6.92 Å². The lowest BCUT2D eigenvalue weighted by Gasteiger charge is -2.31. The Morgan fingerprint density at radius 1 is 1.50 bits per heavy atom. The molecule has 20 heavy (non-hydrogen) atoms. The summed E-state index contributed by atoms with van der Waals surface area (Å²) in [4.78, 5) is 12.0. The molecule has 0 saturated carbocycles. The molecule has 1 aromatic rings. The van der Waals surface area contributed by atoms with Crippen molar-refractivity contribution < 1.29 is 13.2 Å². The van der Waals surface area contributed by atoms with E-state index in [9.17, 15) is 13.2 Å². The number of carbonyl (C=O) groups excluding carboxylic acids is 1. The standard InChI is InChI=1S/C12H16ClN3O3S/c1-7(8-5-15-6-8)12(17)16-11-4-9(20(14,18)19)2-3-10(11)13/h2-4,7-8,15H,5-6H2,1H3,(H,16,17)(H2,14,18,19). The number of nitrogens with two attached hydrogens (primary N) is 1. The molecular weight excluding hydrogens is 302 g/mol. The van der Waals surface area contributed by atoms with Gasteiger partial charge in [-0.1, -0.05) is 18.5 Å². The fourth-order valence-corrected chi connectivity index (χ4v) is 2.61. The van der Waals surface area contributed by atoms with Gasteiger partial charge in [-0.25, -0.2) is 13.6 Å². The number of anilines is 1. The van der Waals surface area contributed by atoms with Crippen LogP contribution in [0.15, 0.2) is 23.1 Å². The van der Waals surface area contributed by atoms with Gasteiger partial charge in [0, 0.05) is 5.92 Å². The highest BCUT2D eigenvalue weighted by Crippen LogP contribution is 2.26. The van der Waals surface area contributed by atoms with Crippen molar-refractivity contribution in [1.29, 1.82) is 0 Å². The molecule has 1 heterocycles. The van der Waals surface area contributed by atoms with Crippen LogP contribution in [0.2, 0.25) is 5.02 Å². The van der Waals surface area contributed by atoms with E-state index in [2.05, 4.69) is 10.6 Å². The maximum atomic E-state index is 12.1. The van der Waals surface area contributed by atoms with Crippen molar-refractivity contribution >= 4 is 33.2 Å². The highest BCUT2D eigenvalue weighted by atomic mass is 35.5. The summed E-state index contributed by atoms with van der Waals surface area (Å²) < 4.78 is 22.6. The highest BCUT2D eigenvalue weighted by Gasteiger charge is 2.29. The molecule has 4 N–H and O–H groups in total. The van der Waals surface area contributed by atoms with Gasteiger partial charge in [0.1, 0.15) is 0 Å². The summed E-state index contributed by atoms with van der Waals surface area (Å²) in [5, 5.41) is 11.1. The van der Waals surface area contributed by atoms with Gasteiger partial charge in [0.25, 0.3) is 0 Å². The molecule has 0 spiro atoms. The Labute approximate surface area is 122 Å². The number of rotatable bonds is 4. The van der Waals surface area contributed by atoms with Gasteiger partial charge in [-0.15, -0.1) is 0 Å². The Morgan fingerprint density at radius 3 is 2.65 bits per heavy atom. The second-order valence-electron chi connectivity index (χ2n) is 4.88. The lowest BCUT2D eigenvalue weighted by atomic mass is 9.88. The van der Waals surface area contributed by atoms with Gasteiger partial charge in [-0.05, 0) is 37.2 Å². The lowest BCUT2D eigenvalue weighted by Crippen LogP contribution is -2.48. The van der Waals surface area contributed by atoms with Gasteiger partial charge in [0.2, 0.25) is 15.9 Å². The molecule has 8 heteroatoms. The summed E-state index contributed by atoms with van der Waals surface area (Å²) in [6.07, 6.45) is 0. The minimum atomic E-state index is -3.83. The molecule has 1 aliphatic heterocycles. The molecule has 1 aliphatic rings. The van der Waals surface area contributed by atoms with Crippen molar-refractivity contribution in [3.8, 4) is 0 Å². The van der Waals surface area contributed by atoms with Crippen molar-refractivity contribution in [2.45, 2.75) is 11.8 Å². The number of sulfonamides is 1. The Balaban J connectivity index is 2.18. The van der Waals surface area contributed by atoms with Crippen molar-refractivity contribution in [2.75, 3.05) is 18.4 Å². The first-order valence-electron chi connectivity index (χ1n) is 6.13. The molecule has 0 bridgehead atoms. The van der Waals surface area contributed by atoms with Gasteiger partial charge in [-0.2, -0.15) is 0 Å². The van der Waals surface area contributed by atoms with E-state index in [1.807, 2.05) is 6.92 Å². The first kappa shape index (κ1) is 15.2. The van der Waals surface area contributed by atoms with Crippen LogP contribution in [0.25, 0.3) is 0 Å². The number of primary sulfonamides is 1. The number of carbonyl (C=O) groups is 1. The second-order valence-corrected chi connectivity index (χ2v) is 6.85. The molecule has 0 radical (unpaired) electrons. The highest BCUT2D eigenvalue weighted by molar-refractivity contribution is 7.89. The second kappa shape index (κ2) is 5.69. The first-order valence-corrected chi connectivity index (χ1v) is 8.05. The van der Waals surface area contributed by atoms with E-state index in [0.717, 1.165) is 13.1 Å². The predicted molar refractivity (Wildman–Crippen MR) is 77.0 cm³/mol. The zero-order valence-corrected chi connectivity index (χ0v) is 12.5. The van der Waals surface area contributed by atoms with E-state index >= 15 is 0 Å². The summed E-state index contributed by atoms with van der Waals surface area (Å²) >= 11 is 5.96. The molecule has 110 valence electrons. The van der Waals surface area contributed by atoms with Gasteiger partial charge in [-0.3, -0.25) is 4.79 Å². The minimum Gasteiger partial charge on any atom is -0.324 e. The zero-order valence-electron chi connectivity index (χ0n) is 10.9. The van der Waals surface area contributed by atoms with Crippen molar-refractivity contribution in [2.24, 2.45) is 17.0 Å². The fraction of sp³-hybridized carbons (Fsp3) is 0.417. The van der Waals surface area contributed by atoms with E-state index in [4.69, 9.17) is 16.7 Å². The first-order chi connectivity index (χ1) is 9.29. The topological polar surface area (TPSA) is 101 Å². The average molecular weight is 318 g/mol. The molecule has 0 aliphatic carbocycles. The molecule has 6 nitrogen and oxygen atoms in total. The van der Waals surface area contributed by atoms with Crippen LogP contribution in [0.5, 0.6) is 0 Å². The Hall–Kier alpha value is -1.15. The van der Waals surface area contributed by atoms with Gasteiger partial charge in [0.05, 0.1) is 15.6 Å². The minimum absolute atomic E-state index is 0.0878. The summed E-state index contributed by atoms with van der Waals surface area (Å²) in [5.41, 5.74) is 0.252. The SMILES string of the molecule is CC(C(=O)Nc1cc(S(N)(=O)=O)ccc1Cl)C1CNC1. The van der Waals surface area contributed by atoms with E-state index in [1.165, 1.54) is 18.2 Å². The van der Waals surface area contributed by atoms with Crippen LogP contribution in [0, 0.1) is 11.8 Å². The third kappa shape index (κ3) is 3.29. The molecule has 1 atom stereocenters. The van der Waals surface area contributed by atoms with E-state index in [0.29, 0.717) is 0 Å². The monoisotopic (exact) mass is 317 g/mol. The molecule has 1 aromatic carbocycles. The van der Waals surface area contributed by atoms with E-state index in [-0.39, 0.29) is 33.3 Å². The number of halogens is 1. The van der Waals surface area contributed by atoms with Crippen LogP contribution in [-0.2, 0) is 14.8 Å². The van der Waals surface area contributed by atoms with Crippen LogP contribution in [0.3, 0.4) is 0 Å². The van der Waals surface area contributed by atoms with Crippen LogP contribution in [0.4, 0.5) is 5.69 Å². The average Bonchev–Trinajstić information content (AvgIpc) is 2.28. The molecule has 0 aromatic heterocycles. The lowest BCUT2D eigenvalue weighted by molar-refractivity contribution is -0.121. The maximum absolute atomic E-state index is 12.1. The molecule has 1 fully saturated rings. The summed E-state index contributed by atoms with van der Waals surface area (Å²) in [7, 11) is -3.83. The van der Waals surface area contributed by atoms with Gasteiger partial charge >= 0.3 is 0 Å². The number of nitrogens with one attached hydrogen (secondary N) is 2. The Bertz CT molecular complexity index is 629. The van der Waals surface area contributed by atoms with Crippen LogP contribution in [-0.4, -0.2) is 27.4 Å². The molecule has 1 amide bonds. The fourth-order valence-electron chi connectivity index (χ4n) is 1.90. The van der Waals surface area contributed by atoms with E-state index in [1.54, 1.807) is 0 Å². The zero-order chi connectivity index (χ0) is 14.9. The Morgan fingerprint density at radius 2 is 2.15 bits per heavy atom. The summed E-state index contributed by atoms with van der Waals surface area (Å²) in [6, 6.07) is 3.96. The van der Waals surface area contributed by atoms with Gasteiger partial charge < -0.3 is 10.6 Å². The summed E-state index contributed by atoms with van der Waals surface area (Å²) in [6.45, 7) is 3.44. The maximum Gasteiger partial charge on any atom is 0.238 e. The molecule has 2 rings (SSSR count). The molecule has 1 saturated heterocycles. The number of benzene rings is 1. The third-order valence-electron chi connectivity index (χ3n) is 3.46. The number of hydrogen-bond acceptors (Lipinski definition) is 4. The number of hydrogen-bond donors (Lipinski definition) is 3. The van der Waals surface area contributed by atoms with Crippen LogP contribution < -0.4 is 15.8 Å². The molecule has 1 unspecified atom stereocenters. The quantitative estimate of drug-likeness (QED) is 0.763. The van der Waals surface area contributed by atoms with Gasteiger partial charge in [0.15, 0.2) is 0 Å². The van der Waals surface area contributed by atoms with Crippen molar-refractivity contribution in [3.05, 3.63) is 23.2 Å². The molecular formula is C12H16ClN3O3S. The Kier molecular flexibility index (Phi) is 4.33. The smallest absolute Gasteiger partial charge is 0.238 e. The predicted octanol–water partition coefficient (Wildman–Crippen LogP) is 0.781. The summed E-state index contributed by atoms with van der Waals surface area (Å²) in [5.74, 6) is -0.0781. The normalized spacial score (nSPS) is 17.4. The largest absolute Gasteiger partial charge is 0.324 e. The van der Waals surface area contributed by atoms with Crippen molar-refractivity contribution in [3.63, 3.8) is 0 Å². The van der Waals surface area contributed by atoms with E-state index < -0.39 is 10.0 Å². The number of amides is 1. The van der Waals surface area contributed by atoms with Crippen LogP contribution >= 0.6 is 11.6 Å². The van der Waals surface area contributed by atoms with Crippen molar-refractivity contribution in [1.82, 2.24) is 5.32 Å². The third-order valence-corrected chi connectivity index (χ3v) is 4.70.